The number of carbonyl (C=O) groups excluding carboxylic acids is 1. The lowest BCUT2D eigenvalue weighted by atomic mass is 10.0. The molecule has 4 aromatic rings. The van der Waals surface area contributed by atoms with Crippen molar-refractivity contribution in [1.82, 2.24) is 20.0 Å². The van der Waals surface area contributed by atoms with Crippen LogP contribution in [0.4, 0.5) is 5.13 Å². The molecule has 1 saturated carbocycles. The van der Waals surface area contributed by atoms with Crippen molar-refractivity contribution in [2.75, 3.05) is 18.4 Å². The van der Waals surface area contributed by atoms with E-state index in [0.717, 1.165) is 49.4 Å². The van der Waals surface area contributed by atoms with E-state index in [-0.39, 0.29) is 18.1 Å². The van der Waals surface area contributed by atoms with Crippen LogP contribution in [0.25, 0.3) is 22.4 Å². The topological polar surface area (TPSA) is 93.4 Å². The van der Waals surface area contributed by atoms with Crippen molar-refractivity contribution >= 4 is 33.5 Å². The van der Waals surface area contributed by atoms with Gasteiger partial charge in [-0.15, -0.1) is 11.3 Å². The molecule has 1 aliphatic heterocycles. The van der Waals surface area contributed by atoms with Crippen molar-refractivity contribution in [3.63, 3.8) is 0 Å². The quantitative estimate of drug-likeness (QED) is 0.403. The molecule has 1 N–H and O–H groups in total. The van der Waals surface area contributed by atoms with E-state index in [9.17, 15) is 4.79 Å². The van der Waals surface area contributed by atoms with Crippen LogP contribution >= 0.6 is 11.3 Å². The van der Waals surface area contributed by atoms with Crippen LogP contribution in [0.5, 0.6) is 0 Å². The number of nitrogens with zero attached hydrogens (tertiary/aromatic N) is 4. The molecule has 1 aliphatic carbocycles. The summed E-state index contributed by atoms with van der Waals surface area (Å²) in [6.07, 6.45) is 2.56. The zero-order valence-electron chi connectivity index (χ0n) is 19.7. The Morgan fingerprint density at radius 3 is 2.66 bits per heavy atom. The molecule has 2 aliphatic rings. The predicted molar refractivity (Wildman–Crippen MR) is 135 cm³/mol. The number of anilines is 1. The molecule has 0 bridgehead atoms. The molecule has 3 aromatic heterocycles. The number of amides is 1. The van der Waals surface area contributed by atoms with Crippen LogP contribution in [0.15, 0.2) is 46.3 Å². The van der Waals surface area contributed by atoms with Crippen LogP contribution in [0.2, 0.25) is 0 Å². The van der Waals surface area contributed by atoms with Gasteiger partial charge in [0.15, 0.2) is 5.13 Å². The number of carbonyl (C=O) groups is 1. The second-order valence-electron chi connectivity index (χ2n) is 9.50. The van der Waals surface area contributed by atoms with Crippen molar-refractivity contribution in [2.45, 2.75) is 51.4 Å². The largest absolute Gasteiger partial charge is 0.373 e. The second-order valence-corrected chi connectivity index (χ2v) is 10.4. The van der Waals surface area contributed by atoms with Crippen LogP contribution in [0.1, 0.15) is 54.4 Å². The minimum atomic E-state index is -0.228. The number of fused-ring (bicyclic) bond motifs is 1. The molecule has 6 rings (SSSR count). The second kappa shape index (κ2) is 9.14. The standard InChI is InChI=1S/C26H27N5O3S/c1-15-11-31(12-16(2)33-15)13-19-14-35-26(27-19)29-24(32)20-10-21(17-8-9-17)28-25-22(20)23(30-34-25)18-6-4-3-5-7-18/h3-7,10,14-17H,8-9,11-13H2,1-2H3,(H,27,29,32). The van der Waals surface area contributed by atoms with Gasteiger partial charge in [-0.2, -0.15) is 0 Å². The third kappa shape index (κ3) is 4.71. The number of thiazole rings is 1. The Bertz CT molecular complexity index is 1350. The van der Waals surface area contributed by atoms with Gasteiger partial charge in [0.05, 0.1) is 28.9 Å². The number of morpholine rings is 1. The van der Waals surface area contributed by atoms with Crippen molar-refractivity contribution in [3.8, 4) is 11.3 Å². The van der Waals surface area contributed by atoms with E-state index in [1.807, 2.05) is 41.8 Å². The van der Waals surface area contributed by atoms with E-state index in [2.05, 4.69) is 39.2 Å². The molecule has 0 radical (unpaired) electrons. The Morgan fingerprint density at radius 2 is 1.91 bits per heavy atom. The molecule has 0 spiro atoms. The van der Waals surface area contributed by atoms with Gasteiger partial charge in [0.2, 0.25) is 0 Å². The fourth-order valence-electron chi connectivity index (χ4n) is 4.77. The van der Waals surface area contributed by atoms with E-state index in [4.69, 9.17) is 9.26 Å². The molecule has 35 heavy (non-hydrogen) atoms. The number of ether oxygens (including phenoxy) is 1. The van der Waals surface area contributed by atoms with Gasteiger partial charge in [-0.3, -0.25) is 15.0 Å². The van der Waals surface area contributed by atoms with Crippen LogP contribution in [-0.4, -0.2) is 51.2 Å². The van der Waals surface area contributed by atoms with E-state index in [0.29, 0.717) is 33.4 Å². The lowest BCUT2D eigenvalue weighted by molar-refractivity contribution is -0.0707. The molecule has 180 valence electrons. The Hall–Kier alpha value is -3.14. The first-order valence-electron chi connectivity index (χ1n) is 12.0. The molecule has 9 heteroatoms. The molecule has 8 nitrogen and oxygen atoms in total. The zero-order valence-corrected chi connectivity index (χ0v) is 20.5. The molecule has 1 aromatic carbocycles. The first kappa shape index (κ1) is 22.3. The van der Waals surface area contributed by atoms with Crippen molar-refractivity contribution in [1.29, 1.82) is 0 Å². The summed E-state index contributed by atoms with van der Waals surface area (Å²) in [5.74, 6) is 0.148. The summed E-state index contributed by atoms with van der Waals surface area (Å²) in [5, 5.41) is 10.5. The summed E-state index contributed by atoms with van der Waals surface area (Å²) in [6, 6.07) is 11.6. The monoisotopic (exact) mass is 489 g/mol. The lowest BCUT2D eigenvalue weighted by Gasteiger charge is -2.34. The fourth-order valence-corrected chi connectivity index (χ4v) is 5.47. The Morgan fingerprint density at radius 1 is 1.14 bits per heavy atom. The lowest BCUT2D eigenvalue weighted by Crippen LogP contribution is -2.44. The molecule has 4 heterocycles. The number of hydrogen-bond acceptors (Lipinski definition) is 8. The fraction of sp³-hybridized carbons (Fsp3) is 0.385. The number of nitrogens with one attached hydrogen (secondary N) is 1. The predicted octanol–water partition coefficient (Wildman–Crippen LogP) is 5.09. The Balaban J connectivity index is 1.27. The Labute approximate surface area is 207 Å². The summed E-state index contributed by atoms with van der Waals surface area (Å²) in [6.45, 7) is 6.67. The maximum absolute atomic E-state index is 13.5. The van der Waals surface area contributed by atoms with Crippen LogP contribution < -0.4 is 5.32 Å². The minimum Gasteiger partial charge on any atom is -0.373 e. The first-order chi connectivity index (χ1) is 17.0. The smallest absolute Gasteiger partial charge is 0.259 e. The maximum Gasteiger partial charge on any atom is 0.259 e. The number of aromatic nitrogens is 3. The van der Waals surface area contributed by atoms with Gasteiger partial charge in [0.1, 0.15) is 5.69 Å². The van der Waals surface area contributed by atoms with Crippen molar-refractivity contribution in [3.05, 3.63) is 58.7 Å². The highest BCUT2D eigenvalue weighted by molar-refractivity contribution is 7.14. The third-order valence-electron chi connectivity index (χ3n) is 6.41. The van der Waals surface area contributed by atoms with Gasteiger partial charge < -0.3 is 9.26 Å². The molecular formula is C26H27N5O3S. The highest BCUT2D eigenvalue weighted by atomic mass is 32.1. The molecular weight excluding hydrogens is 462 g/mol. The normalized spacial score (nSPS) is 20.9. The number of rotatable bonds is 6. The van der Waals surface area contributed by atoms with Gasteiger partial charge in [-0.1, -0.05) is 35.5 Å². The number of benzene rings is 1. The van der Waals surface area contributed by atoms with Gasteiger partial charge in [0, 0.05) is 42.2 Å². The average Bonchev–Trinajstić information content (AvgIpc) is 3.46. The van der Waals surface area contributed by atoms with E-state index in [1.165, 1.54) is 11.3 Å². The van der Waals surface area contributed by atoms with Crippen molar-refractivity contribution in [2.24, 2.45) is 0 Å². The molecule has 2 fully saturated rings. The zero-order chi connectivity index (χ0) is 23.9. The SMILES string of the molecule is CC1CN(Cc2csc(NC(=O)c3cc(C4CC4)nc4onc(-c5ccccc5)c34)n2)CC(C)O1. The summed E-state index contributed by atoms with van der Waals surface area (Å²) < 4.78 is 11.4. The molecule has 1 saturated heterocycles. The average molecular weight is 490 g/mol. The van der Waals surface area contributed by atoms with Gasteiger partial charge >= 0.3 is 0 Å². The third-order valence-corrected chi connectivity index (χ3v) is 7.21. The van der Waals surface area contributed by atoms with E-state index >= 15 is 0 Å². The van der Waals surface area contributed by atoms with Crippen molar-refractivity contribution < 1.29 is 14.1 Å². The number of hydrogen-bond donors (Lipinski definition) is 1. The van der Waals surface area contributed by atoms with Crippen LogP contribution in [0, 0.1) is 0 Å². The van der Waals surface area contributed by atoms with Gasteiger partial charge in [0.25, 0.3) is 11.6 Å². The first-order valence-corrected chi connectivity index (χ1v) is 12.9. The highest BCUT2D eigenvalue weighted by Crippen LogP contribution is 2.41. The molecule has 2 unspecified atom stereocenters. The number of pyridine rings is 1. The molecule has 2 atom stereocenters. The van der Waals surface area contributed by atoms with Crippen LogP contribution in [0.3, 0.4) is 0 Å². The minimum absolute atomic E-state index is 0.203. The molecule has 1 amide bonds. The van der Waals surface area contributed by atoms with Crippen LogP contribution in [-0.2, 0) is 11.3 Å². The maximum atomic E-state index is 13.5. The van der Waals surface area contributed by atoms with Gasteiger partial charge in [-0.25, -0.2) is 9.97 Å². The summed E-state index contributed by atoms with van der Waals surface area (Å²) >= 11 is 1.44. The van der Waals surface area contributed by atoms with E-state index < -0.39 is 0 Å². The summed E-state index contributed by atoms with van der Waals surface area (Å²) in [4.78, 5) is 25.2. The Kier molecular flexibility index (Phi) is 5.83. The van der Waals surface area contributed by atoms with Gasteiger partial charge in [-0.05, 0) is 32.8 Å². The summed E-state index contributed by atoms with van der Waals surface area (Å²) in [7, 11) is 0. The highest BCUT2D eigenvalue weighted by Gasteiger charge is 2.30. The summed E-state index contributed by atoms with van der Waals surface area (Å²) in [5.41, 5.74) is 4.25. The van der Waals surface area contributed by atoms with E-state index in [1.54, 1.807) is 0 Å².